The van der Waals surface area contributed by atoms with Gasteiger partial charge in [-0.25, -0.2) is 4.79 Å². The number of rotatable bonds is 2. The van der Waals surface area contributed by atoms with Crippen molar-refractivity contribution >= 4 is 5.97 Å². The zero-order chi connectivity index (χ0) is 21.2. The summed E-state index contributed by atoms with van der Waals surface area (Å²) in [7, 11) is 0. The molecular weight excluding hydrogens is 372 g/mol. The molecule has 0 spiro atoms. The molecule has 29 heavy (non-hydrogen) atoms. The molecular formula is C23H34O6. The molecule has 0 amide bonds. The standard InChI is InChI=1S/C23H34O6/c1-16-12-17(2)14-20-9-4-7-19(28-20)8-5-11-23(27)29-22(21(26)15-24)10-3-6-18(25)13-16/h3-7,11,17-22,24-26H,1,8-10,12-15H2,2H3/b6-3+,11-5-/t17-,18-,19-,20-,21-,22-/m0/s1. The summed E-state index contributed by atoms with van der Waals surface area (Å²) in [4.78, 5) is 12.1. The molecule has 6 nitrogen and oxygen atoms in total. The number of hydrogen-bond acceptors (Lipinski definition) is 6. The van der Waals surface area contributed by atoms with Crippen LogP contribution in [0, 0.1) is 5.92 Å². The van der Waals surface area contributed by atoms with Gasteiger partial charge < -0.3 is 24.8 Å². The molecule has 0 saturated heterocycles. The van der Waals surface area contributed by atoms with Crippen LogP contribution in [0.1, 0.15) is 45.4 Å². The van der Waals surface area contributed by atoms with E-state index in [1.165, 1.54) is 6.08 Å². The van der Waals surface area contributed by atoms with Crippen molar-refractivity contribution in [2.45, 2.75) is 76.0 Å². The summed E-state index contributed by atoms with van der Waals surface area (Å²) < 4.78 is 11.4. The number of esters is 1. The van der Waals surface area contributed by atoms with Crippen molar-refractivity contribution < 1.29 is 29.6 Å². The lowest BCUT2D eigenvalue weighted by molar-refractivity contribution is -0.150. The predicted molar refractivity (Wildman–Crippen MR) is 111 cm³/mol. The van der Waals surface area contributed by atoms with Gasteiger partial charge in [0.25, 0.3) is 0 Å². The molecule has 2 heterocycles. The summed E-state index contributed by atoms with van der Waals surface area (Å²) in [6, 6.07) is 0. The van der Waals surface area contributed by atoms with Gasteiger partial charge in [0, 0.05) is 12.5 Å². The Bertz CT molecular complexity index is 623. The fraction of sp³-hybridized carbons (Fsp3) is 0.609. The third-order valence-corrected chi connectivity index (χ3v) is 5.15. The van der Waals surface area contributed by atoms with E-state index in [0.29, 0.717) is 18.8 Å². The molecule has 6 atom stereocenters. The Hall–Kier alpha value is -1.73. The fourth-order valence-corrected chi connectivity index (χ4v) is 3.75. The molecule has 0 unspecified atom stereocenters. The molecule has 162 valence electrons. The summed E-state index contributed by atoms with van der Waals surface area (Å²) in [5, 5.41) is 29.4. The van der Waals surface area contributed by atoms with Gasteiger partial charge in [0.05, 0.1) is 24.9 Å². The Morgan fingerprint density at radius 3 is 2.69 bits per heavy atom. The second-order valence-corrected chi connectivity index (χ2v) is 8.05. The summed E-state index contributed by atoms with van der Waals surface area (Å²) in [5.74, 6) is -0.194. The Kier molecular flexibility index (Phi) is 9.81. The Morgan fingerprint density at radius 1 is 1.17 bits per heavy atom. The van der Waals surface area contributed by atoms with E-state index in [1.807, 2.05) is 6.08 Å². The molecule has 3 N–H and O–H groups in total. The molecule has 6 heteroatoms. The van der Waals surface area contributed by atoms with Gasteiger partial charge in [-0.15, -0.1) is 0 Å². The van der Waals surface area contributed by atoms with E-state index >= 15 is 0 Å². The van der Waals surface area contributed by atoms with Gasteiger partial charge in [0.1, 0.15) is 12.2 Å². The van der Waals surface area contributed by atoms with Crippen molar-refractivity contribution in [2.24, 2.45) is 5.92 Å². The largest absolute Gasteiger partial charge is 0.456 e. The van der Waals surface area contributed by atoms with E-state index in [4.69, 9.17) is 9.47 Å². The predicted octanol–water partition coefficient (Wildman–Crippen LogP) is 2.59. The summed E-state index contributed by atoms with van der Waals surface area (Å²) in [6.07, 6.45) is 11.5. The SMILES string of the molecule is C=C1C[C@H](C)C[C@@H]2CC=C[C@@H](C/C=C\C(=O)O[C@H]([C@@H](O)CO)C/C=C/[C@H](O)C1)O2. The van der Waals surface area contributed by atoms with Gasteiger partial charge in [-0.1, -0.05) is 49.5 Å². The summed E-state index contributed by atoms with van der Waals surface area (Å²) >= 11 is 0. The second kappa shape index (κ2) is 12.1. The number of carbonyl (C=O) groups is 1. The average molecular weight is 407 g/mol. The first-order chi connectivity index (χ1) is 13.9. The van der Waals surface area contributed by atoms with Crippen LogP contribution in [-0.2, 0) is 14.3 Å². The summed E-state index contributed by atoms with van der Waals surface area (Å²) in [5.41, 5.74) is 0.972. The first kappa shape index (κ1) is 23.5. The smallest absolute Gasteiger partial charge is 0.330 e. The second-order valence-electron chi connectivity index (χ2n) is 8.05. The maximum Gasteiger partial charge on any atom is 0.330 e. The van der Waals surface area contributed by atoms with Gasteiger partial charge in [-0.2, -0.15) is 0 Å². The minimum absolute atomic E-state index is 0.0873. The number of aliphatic hydroxyl groups excluding tert-OH is 3. The third kappa shape index (κ3) is 8.66. The zero-order valence-corrected chi connectivity index (χ0v) is 17.2. The Labute approximate surface area is 173 Å². The van der Waals surface area contributed by atoms with Crippen LogP contribution in [0.3, 0.4) is 0 Å². The van der Waals surface area contributed by atoms with Crippen LogP contribution >= 0.6 is 0 Å². The van der Waals surface area contributed by atoms with Gasteiger partial charge >= 0.3 is 5.97 Å². The number of carbonyl (C=O) groups excluding carboxylic acids is 1. The highest BCUT2D eigenvalue weighted by atomic mass is 16.6. The van der Waals surface area contributed by atoms with E-state index in [0.717, 1.165) is 24.8 Å². The molecule has 0 aromatic heterocycles. The van der Waals surface area contributed by atoms with Crippen LogP contribution in [0.25, 0.3) is 0 Å². The van der Waals surface area contributed by atoms with Crippen LogP contribution in [0.5, 0.6) is 0 Å². The maximum atomic E-state index is 12.1. The molecule has 0 aliphatic carbocycles. The van der Waals surface area contributed by atoms with Gasteiger partial charge in [0.2, 0.25) is 0 Å². The average Bonchev–Trinajstić information content (AvgIpc) is 2.65. The van der Waals surface area contributed by atoms with Gasteiger partial charge in [-0.05, 0) is 38.0 Å². The highest BCUT2D eigenvalue weighted by Crippen LogP contribution is 2.25. The number of ether oxygens (including phenoxy) is 2. The third-order valence-electron chi connectivity index (χ3n) is 5.15. The molecule has 2 aliphatic rings. The number of cyclic esters (lactones) is 1. The minimum atomic E-state index is -1.19. The van der Waals surface area contributed by atoms with Gasteiger partial charge in [-0.3, -0.25) is 0 Å². The van der Waals surface area contributed by atoms with Crippen LogP contribution in [0.15, 0.2) is 48.6 Å². The number of aliphatic hydroxyl groups is 3. The lowest BCUT2D eigenvalue weighted by Crippen LogP contribution is -2.33. The minimum Gasteiger partial charge on any atom is -0.456 e. The van der Waals surface area contributed by atoms with Crippen molar-refractivity contribution in [1.82, 2.24) is 0 Å². The monoisotopic (exact) mass is 406 g/mol. The van der Waals surface area contributed by atoms with Crippen LogP contribution in [-0.4, -0.2) is 58.4 Å². The van der Waals surface area contributed by atoms with Gasteiger partial charge in [0.15, 0.2) is 0 Å². The number of fused-ring (bicyclic) bond motifs is 2. The molecule has 0 saturated carbocycles. The van der Waals surface area contributed by atoms with E-state index in [2.05, 4.69) is 19.6 Å². The highest BCUT2D eigenvalue weighted by molar-refractivity contribution is 5.82. The quantitative estimate of drug-likeness (QED) is 0.482. The molecule has 2 bridgehead atoms. The van der Waals surface area contributed by atoms with E-state index < -0.39 is 30.9 Å². The van der Waals surface area contributed by atoms with Crippen LogP contribution in [0.2, 0.25) is 0 Å². The Balaban J connectivity index is 2.11. The first-order valence-corrected chi connectivity index (χ1v) is 10.4. The highest BCUT2D eigenvalue weighted by Gasteiger charge is 2.22. The molecule has 0 aromatic rings. The lowest BCUT2D eigenvalue weighted by atomic mass is 9.91. The van der Waals surface area contributed by atoms with Crippen molar-refractivity contribution in [1.29, 1.82) is 0 Å². The molecule has 0 radical (unpaired) electrons. The molecule has 2 aliphatic heterocycles. The molecule has 0 fully saturated rings. The first-order valence-electron chi connectivity index (χ1n) is 10.4. The number of hydrogen-bond donors (Lipinski definition) is 3. The van der Waals surface area contributed by atoms with E-state index in [9.17, 15) is 20.1 Å². The van der Waals surface area contributed by atoms with Crippen molar-refractivity contribution in [3.05, 3.63) is 48.6 Å². The van der Waals surface area contributed by atoms with Crippen molar-refractivity contribution in [3.8, 4) is 0 Å². The fourth-order valence-electron chi connectivity index (χ4n) is 3.75. The normalized spacial score (nSPS) is 35.8. The zero-order valence-electron chi connectivity index (χ0n) is 17.2. The molecule has 2 rings (SSSR count). The molecule has 0 aromatic carbocycles. The Morgan fingerprint density at radius 2 is 1.93 bits per heavy atom. The topological polar surface area (TPSA) is 96.2 Å². The lowest BCUT2D eigenvalue weighted by Gasteiger charge is -2.28. The van der Waals surface area contributed by atoms with E-state index in [-0.39, 0.29) is 18.6 Å². The van der Waals surface area contributed by atoms with Crippen LogP contribution in [0.4, 0.5) is 0 Å². The van der Waals surface area contributed by atoms with Crippen molar-refractivity contribution in [2.75, 3.05) is 6.61 Å². The van der Waals surface area contributed by atoms with E-state index in [1.54, 1.807) is 18.2 Å². The summed E-state index contributed by atoms with van der Waals surface area (Å²) in [6.45, 7) is 5.74. The van der Waals surface area contributed by atoms with Crippen molar-refractivity contribution in [3.63, 3.8) is 0 Å². The maximum absolute atomic E-state index is 12.1. The van der Waals surface area contributed by atoms with Crippen LogP contribution < -0.4 is 0 Å².